The van der Waals surface area contributed by atoms with Crippen molar-refractivity contribution in [2.75, 3.05) is 6.61 Å². The summed E-state index contributed by atoms with van der Waals surface area (Å²) in [4.78, 5) is 11.2. The van der Waals surface area contributed by atoms with E-state index >= 15 is 0 Å². The minimum absolute atomic E-state index is 0.418. The zero-order chi connectivity index (χ0) is 11.4. The Morgan fingerprint density at radius 3 is 2.60 bits per heavy atom. The highest BCUT2D eigenvalue weighted by atomic mass is 79.9. The van der Waals surface area contributed by atoms with Crippen LogP contribution in [0.15, 0.2) is 16.6 Å². The van der Waals surface area contributed by atoms with E-state index in [1.165, 1.54) is 0 Å². The molecule has 0 atom stereocenters. The monoisotopic (exact) mass is 271 g/mol. The molecule has 2 N–H and O–H groups in total. The van der Waals surface area contributed by atoms with Crippen molar-refractivity contribution in [1.82, 2.24) is 0 Å². The molecule has 0 heterocycles. The number of nitrogens with two attached hydrogens (primary N) is 1. The Balaban J connectivity index is 3.25. The molecule has 1 amide bonds. The molecule has 0 bridgehead atoms. The van der Waals surface area contributed by atoms with E-state index in [-0.39, 0.29) is 0 Å². The number of aryl methyl sites for hydroxylation is 1. The van der Waals surface area contributed by atoms with E-state index in [9.17, 15) is 4.79 Å². The summed E-state index contributed by atoms with van der Waals surface area (Å²) in [5.41, 5.74) is 6.78. The number of hydrogen-bond acceptors (Lipinski definition) is 2. The highest BCUT2D eigenvalue weighted by molar-refractivity contribution is 9.10. The van der Waals surface area contributed by atoms with Gasteiger partial charge in [-0.25, -0.2) is 0 Å². The van der Waals surface area contributed by atoms with Crippen molar-refractivity contribution in [1.29, 1.82) is 0 Å². The number of carbonyl (C=O) groups excluding carboxylic acids is 1. The van der Waals surface area contributed by atoms with Crippen molar-refractivity contribution in [3.8, 4) is 5.75 Å². The third-order valence-corrected chi connectivity index (χ3v) is 2.83. The van der Waals surface area contributed by atoms with Gasteiger partial charge in [0.2, 0.25) is 0 Å². The SMILES string of the molecule is CCOc1cc(CC)c(Br)cc1C(N)=O. The number of ether oxygens (including phenoxy) is 1. The van der Waals surface area contributed by atoms with Crippen molar-refractivity contribution in [3.63, 3.8) is 0 Å². The number of primary amides is 1. The zero-order valence-electron chi connectivity index (χ0n) is 8.84. The molecule has 4 heteroatoms. The number of benzene rings is 1. The molecule has 15 heavy (non-hydrogen) atoms. The van der Waals surface area contributed by atoms with Crippen LogP contribution < -0.4 is 10.5 Å². The van der Waals surface area contributed by atoms with Crippen LogP contribution in [0.5, 0.6) is 5.75 Å². The van der Waals surface area contributed by atoms with Crippen molar-refractivity contribution in [2.45, 2.75) is 20.3 Å². The lowest BCUT2D eigenvalue weighted by atomic mass is 10.1. The Morgan fingerprint density at radius 2 is 2.13 bits per heavy atom. The van der Waals surface area contributed by atoms with Crippen LogP contribution in [0.25, 0.3) is 0 Å². The summed E-state index contributed by atoms with van der Waals surface area (Å²) in [5, 5.41) is 0. The fourth-order valence-corrected chi connectivity index (χ4v) is 1.96. The Labute approximate surface area is 97.7 Å². The highest BCUT2D eigenvalue weighted by Gasteiger charge is 2.12. The third-order valence-electron chi connectivity index (χ3n) is 2.09. The molecule has 1 rings (SSSR count). The summed E-state index contributed by atoms with van der Waals surface area (Å²) in [5.74, 6) is 0.0897. The van der Waals surface area contributed by atoms with Crippen LogP contribution in [0.1, 0.15) is 29.8 Å². The summed E-state index contributed by atoms with van der Waals surface area (Å²) in [7, 11) is 0. The molecule has 0 saturated heterocycles. The zero-order valence-corrected chi connectivity index (χ0v) is 10.4. The molecule has 0 aliphatic carbocycles. The average Bonchev–Trinajstić information content (AvgIpc) is 2.20. The molecule has 0 aliphatic rings. The summed E-state index contributed by atoms with van der Waals surface area (Å²) in [6.07, 6.45) is 0.875. The molecule has 82 valence electrons. The first-order valence-corrected chi connectivity index (χ1v) is 5.64. The first-order valence-electron chi connectivity index (χ1n) is 4.85. The Bertz CT molecular complexity index is 377. The standard InChI is InChI=1S/C11H14BrNO2/c1-3-7-5-10(15-4-2)8(11(13)14)6-9(7)12/h5-6H,3-4H2,1-2H3,(H2,13,14). The summed E-state index contributed by atoms with van der Waals surface area (Å²) < 4.78 is 6.27. The van der Waals surface area contributed by atoms with E-state index in [4.69, 9.17) is 10.5 Å². The van der Waals surface area contributed by atoms with Gasteiger partial charge in [-0.3, -0.25) is 4.79 Å². The average molecular weight is 272 g/mol. The molecule has 1 aromatic rings. The number of halogens is 1. The first kappa shape index (κ1) is 12.0. The minimum Gasteiger partial charge on any atom is -0.493 e. The predicted octanol–water partition coefficient (Wildman–Crippen LogP) is 2.51. The van der Waals surface area contributed by atoms with Crippen LogP contribution in [-0.2, 0) is 6.42 Å². The van der Waals surface area contributed by atoms with Gasteiger partial charge in [-0.05, 0) is 31.0 Å². The van der Waals surface area contributed by atoms with E-state index in [2.05, 4.69) is 15.9 Å². The second-order valence-corrected chi connectivity index (χ2v) is 3.94. The quantitative estimate of drug-likeness (QED) is 0.915. The van der Waals surface area contributed by atoms with E-state index < -0.39 is 5.91 Å². The number of carbonyl (C=O) groups is 1. The maximum Gasteiger partial charge on any atom is 0.252 e. The van der Waals surface area contributed by atoms with Crippen molar-refractivity contribution < 1.29 is 9.53 Å². The second kappa shape index (κ2) is 5.16. The number of amides is 1. The van der Waals surface area contributed by atoms with Crippen molar-refractivity contribution >= 4 is 21.8 Å². The Morgan fingerprint density at radius 1 is 1.47 bits per heavy atom. The largest absolute Gasteiger partial charge is 0.493 e. The van der Waals surface area contributed by atoms with Crippen LogP contribution >= 0.6 is 15.9 Å². The van der Waals surface area contributed by atoms with Crippen LogP contribution in [0.4, 0.5) is 0 Å². The molecule has 0 unspecified atom stereocenters. The molecule has 0 spiro atoms. The third kappa shape index (κ3) is 2.72. The lowest BCUT2D eigenvalue weighted by molar-refractivity contribution is 0.0996. The summed E-state index contributed by atoms with van der Waals surface area (Å²) in [6, 6.07) is 3.57. The van der Waals surface area contributed by atoms with E-state index in [0.717, 1.165) is 16.5 Å². The molecule has 0 aromatic heterocycles. The molecule has 0 saturated carbocycles. The van der Waals surface area contributed by atoms with Gasteiger partial charge in [-0.15, -0.1) is 0 Å². The fourth-order valence-electron chi connectivity index (χ4n) is 1.33. The van der Waals surface area contributed by atoms with Gasteiger partial charge in [0.05, 0.1) is 12.2 Å². The molecule has 0 radical (unpaired) electrons. The van der Waals surface area contributed by atoms with Gasteiger partial charge >= 0.3 is 0 Å². The lowest BCUT2D eigenvalue weighted by Crippen LogP contribution is -2.13. The molecular weight excluding hydrogens is 258 g/mol. The van der Waals surface area contributed by atoms with Gasteiger partial charge in [-0.2, -0.15) is 0 Å². The molecular formula is C11H14BrNO2. The van der Waals surface area contributed by atoms with Crippen LogP contribution in [0.3, 0.4) is 0 Å². The number of rotatable bonds is 4. The molecule has 0 fully saturated rings. The van der Waals surface area contributed by atoms with Gasteiger partial charge in [-0.1, -0.05) is 22.9 Å². The van der Waals surface area contributed by atoms with Gasteiger partial charge in [0.1, 0.15) is 5.75 Å². The predicted molar refractivity (Wildman–Crippen MR) is 63.2 cm³/mol. The Kier molecular flexibility index (Phi) is 4.15. The van der Waals surface area contributed by atoms with Crippen molar-refractivity contribution in [3.05, 3.63) is 27.7 Å². The fraction of sp³-hybridized carbons (Fsp3) is 0.364. The van der Waals surface area contributed by atoms with E-state index in [1.807, 2.05) is 19.9 Å². The summed E-state index contributed by atoms with van der Waals surface area (Å²) >= 11 is 3.40. The van der Waals surface area contributed by atoms with E-state index in [0.29, 0.717) is 17.9 Å². The highest BCUT2D eigenvalue weighted by Crippen LogP contribution is 2.27. The minimum atomic E-state index is -0.471. The Hall–Kier alpha value is -1.03. The lowest BCUT2D eigenvalue weighted by Gasteiger charge is -2.11. The molecule has 3 nitrogen and oxygen atoms in total. The molecule has 0 aliphatic heterocycles. The van der Waals surface area contributed by atoms with Gasteiger partial charge in [0.15, 0.2) is 0 Å². The first-order chi connectivity index (χ1) is 7.10. The second-order valence-electron chi connectivity index (χ2n) is 3.09. The molecule has 1 aromatic carbocycles. The smallest absolute Gasteiger partial charge is 0.252 e. The topological polar surface area (TPSA) is 52.3 Å². The van der Waals surface area contributed by atoms with E-state index in [1.54, 1.807) is 6.07 Å². The van der Waals surface area contributed by atoms with Crippen LogP contribution in [-0.4, -0.2) is 12.5 Å². The maximum absolute atomic E-state index is 11.2. The summed E-state index contributed by atoms with van der Waals surface area (Å²) in [6.45, 7) is 4.43. The van der Waals surface area contributed by atoms with Gasteiger partial charge in [0.25, 0.3) is 5.91 Å². The van der Waals surface area contributed by atoms with Crippen LogP contribution in [0.2, 0.25) is 0 Å². The maximum atomic E-state index is 11.2. The van der Waals surface area contributed by atoms with Gasteiger partial charge < -0.3 is 10.5 Å². The number of hydrogen-bond donors (Lipinski definition) is 1. The van der Waals surface area contributed by atoms with Crippen LogP contribution in [0, 0.1) is 0 Å². The van der Waals surface area contributed by atoms with Gasteiger partial charge in [0, 0.05) is 4.47 Å². The normalized spacial score (nSPS) is 10.1. The van der Waals surface area contributed by atoms with Crippen molar-refractivity contribution in [2.24, 2.45) is 5.73 Å².